The Bertz CT molecular complexity index is 1110. The molecule has 1 aliphatic heterocycles. The van der Waals surface area contributed by atoms with E-state index in [1.54, 1.807) is 17.0 Å². The number of aryl methyl sites for hydroxylation is 1. The van der Waals surface area contributed by atoms with Gasteiger partial charge in [0.1, 0.15) is 17.4 Å². The van der Waals surface area contributed by atoms with Gasteiger partial charge in [-0.15, -0.1) is 0 Å². The highest BCUT2D eigenvalue weighted by Gasteiger charge is 2.38. The summed E-state index contributed by atoms with van der Waals surface area (Å²) in [6.45, 7) is 5.12. The second-order valence-corrected chi connectivity index (χ2v) is 8.45. The summed E-state index contributed by atoms with van der Waals surface area (Å²) in [7, 11) is 0. The van der Waals surface area contributed by atoms with E-state index in [1.807, 2.05) is 19.1 Å². The fourth-order valence-electron chi connectivity index (χ4n) is 3.95. The maximum Gasteiger partial charge on any atom is 0.291 e. The Hall–Kier alpha value is -2.96. The normalized spacial score (nSPS) is 20.2. The van der Waals surface area contributed by atoms with Gasteiger partial charge in [-0.25, -0.2) is 9.37 Å². The summed E-state index contributed by atoms with van der Waals surface area (Å²) in [4.78, 5) is 23.8. The quantitative estimate of drug-likeness (QED) is 0.716. The van der Waals surface area contributed by atoms with Crippen molar-refractivity contribution in [3.8, 4) is 0 Å². The number of aromatic nitrogens is 2. The molecule has 29 heavy (non-hydrogen) atoms. The van der Waals surface area contributed by atoms with Gasteiger partial charge in [0.2, 0.25) is 11.5 Å². The van der Waals surface area contributed by atoms with Crippen molar-refractivity contribution >= 4 is 22.8 Å². The van der Waals surface area contributed by atoms with E-state index in [2.05, 4.69) is 22.2 Å². The van der Waals surface area contributed by atoms with Crippen molar-refractivity contribution < 1.29 is 13.6 Å². The Morgan fingerprint density at radius 2 is 2.14 bits per heavy atom. The molecule has 1 atom stereocenters. The first kappa shape index (κ1) is 18.1. The highest BCUT2D eigenvalue weighted by molar-refractivity contribution is 5.95. The van der Waals surface area contributed by atoms with E-state index in [0.29, 0.717) is 24.6 Å². The van der Waals surface area contributed by atoms with Gasteiger partial charge in [0.05, 0.1) is 5.39 Å². The van der Waals surface area contributed by atoms with Crippen LogP contribution in [0, 0.1) is 12.7 Å². The zero-order valence-corrected chi connectivity index (χ0v) is 16.5. The summed E-state index contributed by atoms with van der Waals surface area (Å²) in [5.41, 5.74) is 1.36. The average Bonchev–Trinajstić information content (AvgIpc) is 3.09. The number of carbonyl (C=O) groups is 1. The van der Waals surface area contributed by atoms with Gasteiger partial charge in [-0.2, -0.15) is 4.98 Å². The van der Waals surface area contributed by atoms with Crippen molar-refractivity contribution in [3.63, 3.8) is 0 Å². The third-order valence-corrected chi connectivity index (χ3v) is 5.92. The van der Waals surface area contributed by atoms with E-state index < -0.39 is 0 Å². The third kappa shape index (κ3) is 3.45. The molecule has 1 saturated heterocycles. The molecule has 5 rings (SSSR count). The van der Waals surface area contributed by atoms with Crippen LogP contribution in [0.3, 0.4) is 0 Å². The second-order valence-electron chi connectivity index (χ2n) is 8.45. The number of carbonyl (C=O) groups excluding carboxylic acids is 1. The molecular weight excluding hydrogens is 371 g/mol. The Labute approximate surface area is 168 Å². The van der Waals surface area contributed by atoms with Gasteiger partial charge in [-0.05, 0) is 56.9 Å². The smallest absolute Gasteiger partial charge is 0.291 e. The number of hydrogen-bond acceptors (Lipinski definition) is 5. The molecular formula is C22H23FN4O2. The SMILES string of the molecule is Cc1cc2c(NC3(C)CC3)nc(C(=O)N3CCC(c4cccc(F)c4)C3)nc2o1. The Balaban J connectivity index is 1.42. The average molecular weight is 394 g/mol. The summed E-state index contributed by atoms with van der Waals surface area (Å²) in [5, 5.41) is 4.25. The molecule has 2 aliphatic rings. The minimum Gasteiger partial charge on any atom is -0.443 e. The first-order valence-corrected chi connectivity index (χ1v) is 10.0. The number of benzene rings is 1. The summed E-state index contributed by atoms with van der Waals surface area (Å²) >= 11 is 0. The summed E-state index contributed by atoms with van der Waals surface area (Å²) in [6, 6.07) is 8.50. The van der Waals surface area contributed by atoms with Gasteiger partial charge in [0.15, 0.2) is 0 Å². The van der Waals surface area contributed by atoms with Gasteiger partial charge in [-0.1, -0.05) is 12.1 Å². The van der Waals surface area contributed by atoms with Crippen LogP contribution in [0.5, 0.6) is 0 Å². The molecule has 2 aromatic heterocycles. The largest absolute Gasteiger partial charge is 0.443 e. The highest BCUT2D eigenvalue weighted by Crippen LogP contribution is 2.39. The van der Waals surface area contributed by atoms with Crippen LogP contribution in [0.25, 0.3) is 11.1 Å². The van der Waals surface area contributed by atoms with Crippen LogP contribution in [0.1, 0.15) is 54.0 Å². The van der Waals surface area contributed by atoms with Crippen molar-refractivity contribution in [2.45, 2.75) is 44.6 Å². The number of nitrogens with one attached hydrogen (secondary N) is 1. The minimum atomic E-state index is -0.251. The Morgan fingerprint density at radius 3 is 2.90 bits per heavy atom. The van der Waals surface area contributed by atoms with Gasteiger partial charge in [0, 0.05) is 24.5 Å². The van der Waals surface area contributed by atoms with Crippen molar-refractivity contribution in [3.05, 3.63) is 53.3 Å². The van der Waals surface area contributed by atoms with Crippen LogP contribution in [0.4, 0.5) is 10.2 Å². The molecule has 1 N–H and O–H groups in total. The van der Waals surface area contributed by atoms with Crippen molar-refractivity contribution in [2.75, 3.05) is 18.4 Å². The molecule has 1 aromatic carbocycles. The topological polar surface area (TPSA) is 71.3 Å². The van der Waals surface area contributed by atoms with Crippen LogP contribution in [0.2, 0.25) is 0 Å². The molecule has 0 radical (unpaired) electrons. The number of likely N-dealkylation sites (tertiary alicyclic amines) is 1. The third-order valence-electron chi connectivity index (χ3n) is 5.92. The van der Waals surface area contributed by atoms with Crippen LogP contribution in [0.15, 0.2) is 34.7 Å². The summed E-state index contributed by atoms with van der Waals surface area (Å²) in [6.07, 6.45) is 2.93. The molecule has 0 bridgehead atoms. The molecule has 7 heteroatoms. The predicted octanol–water partition coefficient (Wildman–Crippen LogP) is 4.26. The van der Waals surface area contributed by atoms with Crippen molar-refractivity contribution in [2.24, 2.45) is 0 Å². The highest BCUT2D eigenvalue weighted by atomic mass is 19.1. The van der Waals surface area contributed by atoms with Gasteiger partial charge < -0.3 is 14.6 Å². The number of furan rings is 1. The molecule has 150 valence electrons. The standard InChI is InChI=1S/C22H23FN4O2/c1-13-10-17-18(26-22(2)7-8-22)24-19(25-20(17)29-13)21(28)27-9-6-15(12-27)14-4-3-5-16(23)11-14/h3-5,10-11,15H,6-9,12H2,1-2H3,(H,24,25,26). The van der Waals surface area contributed by atoms with Crippen LogP contribution in [-0.2, 0) is 0 Å². The fraction of sp³-hybridized carbons (Fsp3) is 0.409. The predicted molar refractivity (Wildman–Crippen MR) is 107 cm³/mol. The minimum absolute atomic E-state index is 0.0168. The lowest BCUT2D eigenvalue weighted by molar-refractivity contribution is 0.0779. The number of hydrogen-bond donors (Lipinski definition) is 1. The molecule has 6 nitrogen and oxygen atoms in total. The zero-order valence-electron chi connectivity index (χ0n) is 16.5. The maximum atomic E-state index is 13.6. The first-order chi connectivity index (χ1) is 13.9. The lowest BCUT2D eigenvalue weighted by Crippen LogP contribution is -2.30. The molecule has 3 aromatic rings. The maximum absolute atomic E-state index is 13.6. The van der Waals surface area contributed by atoms with E-state index in [1.165, 1.54) is 6.07 Å². The van der Waals surface area contributed by atoms with E-state index in [-0.39, 0.29) is 29.0 Å². The second kappa shape index (κ2) is 6.54. The molecule has 1 amide bonds. The van der Waals surface area contributed by atoms with E-state index in [9.17, 15) is 9.18 Å². The van der Waals surface area contributed by atoms with Crippen molar-refractivity contribution in [1.82, 2.24) is 14.9 Å². The fourth-order valence-corrected chi connectivity index (χ4v) is 3.95. The Morgan fingerprint density at radius 1 is 1.31 bits per heavy atom. The zero-order chi connectivity index (χ0) is 20.2. The number of amides is 1. The number of nitrogens with zero attached hydrogens (tertiary/aromatic N) is 3. The Kier molecular flexibility index (Phi) is 4.08. The lowest BCUT2D eigenvalue weighted by atomic mass is 9.98. The number of halogens is 1. The van der Waals surface area contributed by atoms with Gasteiger partial charge in [0.25, 0.3) is 5.91 Å². The van der Waals surface area contributed by atoms with Gasteiger partial charge >= 0.3 is 0 Å². The van der Waals surface area contributed by atoms with Gasteiger partial charge in [-0.3, -0.25) is 4.79 Å². The summed E-state index contributed by atoms with van der Waals surface area (Å²) in [5.74, 6) is 1.17. The van der Waals surface area contributed by atoms with Crippen LogP contribution in [-0.4, -0.2) is 39.4 Å². The number of anilines is 1. The molecule has 1 unspecified atom stereocenters. The van der Waals surface area contributed by atoms with Crippen molar-refractivity contribution in [1.29, 1.82) is 0 Å². The van der Waals surface area contributed by atoms with E-state index in [0.717, 1.165) is 36.0 Å². The van der Waals surface area contributed by atoms with E-state index in [4.69, 9.17) is 4.42 Å². The lowest BCUT2D eigenvalue weighted by Gasteiger charge is -2.17. The molecule has 3 heterocycles. The molecule has 2 fully saturated rings. The van der Waals surface area contributed by atoms with E-state index >= 15 is 0 Å². The molecule has 0 spiro atoms. The number of fused-ring (bicyclic) bond motifs is 1. The molecule has 1 aliphatic carbocycles. The first-order valence-electron chi connectivity index (χ1n) is 10.0. The van der Waals surface area contributed by atoms with Crippen LogP contribution < -0.4 is 5.32 Å². The summed E-state index contributed by atoms with van der Waals surface area (Å²) < 4.78 is 19.3. The molecule has 1 saturated carbocycles. The number of rotatable bonds is 4. The monoisotopic (exact) mass is 394 g/mol. The van der Waals surface area contributed by atoms with Crippen LogP contribution >= 0.6 is 0 Å².